The van der Waals surface area contributed by atoms with Crippen LogP contribution in [0.3, 0.4) is 0 Å². The van der Waals surface area contributed by atoms with Gasteiger partial charge in [0.15, 0.2) is 0 Å². The molecule has 0 radical (unpaired) electrons. The monoisotopic (exact) mass is 322 g/mol. The van der Waals surface area contributed by atoms with Crippen molar-refractivity contribution < 1.29 is 14.7 Å². The van der Waals surface area contributed by atoms with Crippen LogP contribution in [0, 0.1) is 17.8 Å². The molecule has 1 aliphatic heterocycles. The van der Waals surface area contributed by atoms with Gasteiger partial charge in [-0.25, -0.2) is 0 Å². The molecule has 3 aliphatic rings. The lowest BCUT2D eigenvalue weighted by Gasteiger charge is -2.42. The first-order chi connectivity index (χ1) is 11.1. The number of hydrogen-bond acceptors (Lipinski definition) is 3. The zero-order chi connectivity index (χ0) is 16.4. The molecule has 2 amide bonds. The molecule has 2 saturated carbocycles. The highest BCUT2D eigenvalue weighted by molar-refractivity contribution is 5.81. The van der Waals surface area contributed by atoms with Gasteiger partial charge < -0.3 is 14.9 Å². The molecule has 0 bridgehead atoms. The highest BCUT2D eigenvalue weighted by atomic mass is 16.3. The highest BCUT2D eigenvalue weighted by Crippen LogP contribution is 2.43. The Kier molecular flexibility index (Phi) is 5.24. The molecule has 0 spiro atoms. The molecule has 23 heavy (non-hydrogen) atoms. The molecule has 3 fully saturated rings. The van der Waals surface area contributed by atoms with Crippen LogP contribution < -0.4 is 0 Å². The molecule has 1 N–H and O–H groups in total. The molecule has 3 rings (SSSR count). The summed E-state index contributed by atoms with van der Waals surface area (Å²) in [4.78, 5) is 28.2. The van der Waals surface area contributed by atoms with Crippen molar-refractivity contribution in [2.75, 3.05) is 26.2 Å². The molecule has 1 saturated heterocycles. The predicted molar refractivity (Wildman–Crippen MR) is 87.6 cm³/mol. The summed E-state index contributed by atoms with van der Waals surface area (Å²) in [6.45, 7) is 3.83. The zero-order valence-electron chi connectivity index (χ0n) is 14.2. The third kappa shape index (κ3) is 3.70. The van der Waals surface area contributed by atoms with Crippen molar-refractivity contribution in [3.8, 4) is 0 Å². The van der Waals surface area contributed by atoms with Crippen molar-refractivity contribution in [3.63, 3.8) is 0 Å². The first-order valence-corrected chi connectivity index (χ1v) is 9.32. The van der Waals surface area contributed by atoms with Crippen molar-refractivity contribution in [1.82, 2.24) is 9.80 Å². The van der Waals surface area contributed by atoms with Crippen molar-refractivity contribution in [3.05, 3.63) is 0 Å². The van der Waals surface area contributed by atoms with Gasteiger partial charge in [-0.3, -0.25) is 9.59 Å². The Bertz CT molecular complexity index is 444. The normalized spacial score (nSPS) is 33.0. The van der Waals surface area contributed by atoms with E-state index in [9.17, 15) is 14.7 Å². The fraction of sp³-hybridized carbons (Fsp3) is 0.889. The second-order valence-corrected chi connectivity index (χ2v) is 7.64. The minimum Gasteiger partial charge on any atom is -0.384 e. The standard InChI is InChI=1S/C18H30N2O3/c1-13(21)17(22)19-8-10-20(11-9-19)18(23)16-7-6-14-4-2-3-5-15(14)12-16/h13-16,21H,2-12H2,1H3. The van der Waals surface area contributed by atoms with Gasteiger partial charge in [0.05, 0.1) is 0 Å². The zero-order valence-corrected chi connectivity index (χ0v) is 14.2. The fourth-order valence-electron chi connectivity index (χ4n) is 4.77. The van der Waals surface area contributed by atoms with Gasteiger partial charge in [0.1, 0.15) is 6.10 Å². The second-order valence-electron chi connectivity index (χ2n) is 7.64. The lowest BCUT2D eigenvalue weighted by Crippen LogP contribution is -2.54. The largest absolute Gasteiger partial charge is 0.384 e. The maximum Gasteiger partial charge on any atom is 0.251 e. The molecule has 2 aliphatic carbocycles. The van der Waals surface area contributed by atoms with Crippen LogP contribution in [0.15, 0.2) is 0 Å². The third-order valence-electron chi connectivity index (χ3n) is 6.15. The Morgan fingerprint density at radius 3 is 2.17 bits per heavy atom. The van der Waals surface area contributed by atoms with Crippen molar-refractivity contribution >= 4 is 11.8 Å². The number of aliphatic hydroxyl groups is 1. The Labute approximate surface area is 139 Å². The molecule has 5 nitrogen and oxygen atoms in total. The second kappa shape index (κ2) is 7.20. The number of piperazine rings is 1. The van der Waals surface area contributed by atoms with Gasteiger partial charge in [-0.15, -0.1) is 0 Å². The van der Waals surface area contributed by atoms with Crippen LogP contribution in [0.5, 0.6) is 0 Å². The van der Waals surface area contributed by atoms with E-state index in [2.05, 4.69) is 0 Å². The number of rotatable bonds is 2. The minimum absolute atomic E-state index is 0.202. The van der Waals surface area contributed by atoms with E-state index in [0.717, 1.165) is 24.7 Å². The summed E-state index contributed by atoms with van der Waals surface area (Å²) in [5.41, 5.74) is 0. The van der Waals surface area contributed by atoms with Crippen LogP contribution in [-0.2, 0) is 9.59 Å². The number of hydrogen-bond donors (Lipinski definition) is 1. The lowest BCUT2D eigenvalue weighted by atomic mass is 9.67. The summed E-state index contributed by atoms with van der Waals surface area (Å²) >= 11 is 0. The molecule has 0 aromatic heterocycles. The quantitative estimate of drug-likeness (QED) is 0.841. The molecule has 0 aromatic carbocycles. The van der Waals surface area contributed by atoms with Crippen LogP contribution in [0.4, 0.5) is 0 Å². The van der Waals surface area contributed by atoms with E-state index in [1.165, 1.54) is 39.0 Å². The van der Waals surface area contributed by atoms with Crippen LogP contribution in [0.25, 0.3) is 0 Å². The van der Waals surface area contributed by atoms with E-state index in [1.807, 2.05) is 4.90 Å². The lowest BCUT2D eigenvalue weighted by molar-refractivity contribution is -0.147. The van der Waals surface area contributed by atoms with Crippen LogP contribution in [-0.4, -0.2) is 59.0 Å². The van der Waals surface area contributed by atoms with Gasteiger partial charge in [0.25, 0.3) is 5.91 Å². The Hall–Kier alpha value is -1.10. The minimum atomic E-state index is -0.946. The third-order valence-corrected chi connectivity index (χ3v) is 6.15. The Morgan fingerprint density at radius 2 is 1.52 bits per heavy atom. The summed E-state index contributed by atoms with van der Waals surface area (Å²) in [6.07, 6.45) is 7.79. The molecule has 5 heteroatoms. The van der Waals surface area contributed by atoms with E-state index in [0.29, 0.717) is 32.1 Å². The smallest absolute Gasteiger partial charge is 0.251 e. The van der Waals surface area contributed by atoms with Gasteiger partial charge >= 0.3 is 0 Å². The number of aliphatic hydroxyl groups excluding tert-OH is 1. The predicted octanol–water partition coefficient (Wildman–Crippen LogP) is 1.64. The summed E-state index contributed by atoms with van der Waals surface area (Å²) < 4.78 is 0. The summed E-state index contributed by atoms with van der Waals surface area (Å²) in [5.74, 6) is 1.92. The van der Waals surface area contributed by atoms with E-state index < -0.39 is 6.10 Å². The molecule has 130 valence electrons. The summed E-state index contributed by atoms with van der Waals surface area (Å²) in [7, 11) is 0. The maximum atomic E-state index is 12.8. The van der Waals surface area contributed by atoms with E-state index in [4.69, 9.17) is 0 Å². The average molecular weight is 322 g/mol. The number of carbonyl (C=O) groups excluding carboxylic acids is 2. The van der Waals surface area contributed by atoms with Gasteiger partial charge in [0, 0.05) is 32.1 Å². The molecule has 4 unspecified atom stereocenters. The first-order valence-electron chi connectivity index (χ1n) is 9.32. The SMILES string of the molecule is CC(O)C(=O)N1CCN(C(=O)C2CCC3CCCCC3C2)CC1. The highest BCUT2D eigenvalue weighted by Gasteiger charge is 2.37. The van der Waals surface area contributed by atoms with Crippen LogP contribution in [0.1, 0.15) is 51.9 Å². The Morgan fingerprint density at radius 1 is 0.913 bits per heavy atom. The molecular formula is C18H30N2O3. The maximum absolute atomic E-state index is 12.8. The van der Waals surface area contributed by atoms with Crippen molar-refractivity contribution in [2.45, 2.75) is 58.0 Å². The average Bonchev–Trinajstić information content (AvgIpc) is 2.60. The van der Waals surface area contributed by atoms with Crippen LogP contribution >= 0.6 is 0 Å². The fourth-order valence-corrected chi connectivity index (χ4v) is 4.77. The van der Waals surface area contributed by atoms with Gasteiger partial charge in [0.2, 0.25) is 5.91 Å². The summed E-state index contributed by atoms with van der Waals surface area (Å²) in [5, 5.41) is 9.39. The Balaban J connectivity index is 1.50. The van der Waals surface area contributed by atoms with E-state index in [-0.39, 0.29) is 11.8 Å². The number of carbonyl (C=O) groups is 2. The first kappa shape index (κ1) is 16.7. The van der Waals surface area contributed by atoms with Crippen molar-refractivity contribution in [1.29, 1.82) is 0 Å². The molecule has 1 heterocycles. The van der Waals surface area contributed by atoms with Crippen LogP contribution in [0.2, 0.25) is 0 Å². The van der Waals surface area contributed by atoms with Gasteiger partial charge in [-0.1, -0.05) is 25.7 Å². The van der Waals surface area contributed by atoms with Crippen molar-refractivity contribution in [2.24, 2.45) is 17.8 Å². The topological polar surface area (TPSA) is 60.9 Å². The number of amides is 2. The molecular weight excluding hydrogens is 292 g/mol. The summed E-state index contributed by atoms with van der Waals surface area (Å²) in [6, 6.07) is 0. The van der Waals surface area contributed by atoms with E-state index in [1.54, 1.807) is 4.90 Å². The number of fused-ring (bicyclic) bond motifs is 1. The van der Waals surface area contributed by atoms with E-state index >= 15 is 0 Å². The number of nitrogens with zero attached hydrogens (tertiary/aromatic N) is 2. The molecule has 0 aromatic rings. The van der Waals surface area contributed by atoms with Gasteiger partial charge in [-0.05, 0) is 38.0 Å². The molecule has 4 atom stereocenters. The van der Waals surface area contributed by atoms with Gasteiger partial charge in [-0.2, -0.15) is 0 Å².